The lowest BCUT2D eigenvalue weighted by Crippen LogP contribution is -2.49. The topological polar surface area (TPSA) is 52.2 Å². The minimum absolute atomic E-state index is 0.0795. The summed E-state index contributed by atoms with van der Waals surface area (Å²) >= 11 is 1.41. The van der Waals surface area contributed by atoms with E-state index >= 15 is 0 Å². The minimum Gasteiger partial charge on any atom is -0.366 e. The van der Waals surface area contributed by atoms with E-state index in [0.717, 1.165) is 16.4 Å². The summed E-state index contributed by atoms with van der Waals surface area (Å²) < 4.78 is 13.9. The first kappa shape index (κ1) is 18.6. The molecule has 0 aliphatic carbocycles. The fraction of sp³-hybridized carbons (Fsp3) is 0.238. The van der Waals surface area contributed by atoms with Crippen molar-refractivity contribution >= 4 is 23.4 Å². The summed E-state index contributed by atoms with van der Waals surface area (Å²) in [4.78, 5) is 24.0. The highest BCUT2D eigenvalue weighted by Crippen LogP contribution is 2.23. The molecule has 1 aliphatic rings. The number of nitrogens with one attached hydrogen (secondary N) is 1. The molecule has 1 aromatic heterocycles. The van der Waals surface area contributed by atoms with Crippen molar-refractivity contribution in [1.29, 1.82) is 0 Å². The third kappa shape index (κ3) is 4.20. The van der Waals surface area contributed by atoms with Crippen molar-refractivity contribution in [2.75, 3.05) is 36.8 Å². The molecular formula is C21H21FN4OS. The van der Waals surface area contributed by atoms with Gasteiger partial charge in [0, 0.05) is 26.2 Å². The number of piperazine rings is 1. The molecule has 144 valence electrons. The summed E-state index contributed by atoms with van der Waals surface area (Å²) in [7, 11) is 0. The number of halogens is 1. The van der Waals surface area contributed by atoms with Gasteiger partial charge in [-0.05, 0) is 17.7 Å². The molecule has 0 saturated carbocycles. The Bertz CT molecular complexity index is 938. The van der Waals surface area contributed by atoms with Crippen molar-refractivity contribution in [3.63, 3.8) is 0 Å². The molecule has 0 radical (unpaired) electrons. The van der Waals surface area contributed by atoms with Crippen LogP contribution < -0.4 is 4.90 Å². The van der Waals surface area contributed by atoms with Crippen LogP contribution >= 0.6 is 11.8 Å². The molecule has 5 nitrogen and oxygen atoms in total. The molecule has 0 spiro atoms. The van der Waals surface area contributed by atoms with E-state index in [4.69, 9.17) is 0 Å². The Morgan fingerprint density at radius 3 is 2.50 bits per heavy atom. The van der Waals surface area contributed by atoms with Gasteiger partial charge >= 0.3 is 0 Å². The molecule has 2 heterocycles. The van der Waals surface area contributed by atoms with Crippen LogP contribution in [0.25, 0.3) is 11.3 Å². The number of H-pyrrole nitrogens is 1. The SMILES string of the molecule is O=C(CSc1ncc(-c2ccccc2)[nH]1)N1CCN(c2ccccc2F)CC1. The number of thioether (sulfide) groups is 1. The third-order valence-electron chi connectivity index (χ3n) is 4.80. The van der Waals surface area contributed by atoms with Crippen molar-refractivity contribution in [2.24, 2.45) is 0 Å². The lowest BCUT2D eigenvalue weighted by molar-refractivity contribution is -0.128. The number of aromatic amines is 1. The van der Waals surface area contributed by atoms with E-state index < -0.39 is 0 Å². The Morgan fingerprint density at radius 1 is 1.04 bits per heavy atom. The number of hydrogen-bond donors (Lipinski definition) is 1. The second-order valence-corrected chi connectivity index (χ2v) is 7.54. The summed E-state index contributed by atoms with van der Waals surface area (Å²) in [5.41, 5.74) is 2.61. The maximum Gasteiger partial charge on any atom is 0.233 e. The zero-order chi connectivity index (χ0) is 19.3. The molecule has 3 aromatic rings. The molecule has 0 atom stereocenters. The van der Waals surface area contributed by atoms with Gasteiger partial charge in [0.25, 0.3) is 0 Å². The van der Waals surface area contributed by atoms with Gasteiger partial charge in [0.2, 0.25) is 5.91 Å². The first-order valence-corrected chi connectivity index (χ1v) is 10.2. The van der Waals surface area contributed by atoms with Crippen LogP contribution in [-0.4, -0.2) is 52.7 Å². The molecule has 0 bridgehead atoms. The molecule has 1 amide bonds. The number of imidazole rings is 1. The second kappa shape index (κ2) is 8.48. The first-order valence-electron chi connectivity index (χ1n) is 9.21. The molecule has 1 aliphatic heterocycles. The number of rotatable bonds is 5. The van der Waals surface area contributed by atoms with Crippen LogP contribution in [0.3, 0.4) is 0 Å². The quantitative estimate of drug-likeness (QED) is 0.669. The Kier molecular flexibility index (Phi) is 5.62. The Balaban J connectivity index is 1.28. The van der Waals surface area contributed by atoms with E-state index in [1.54, 1.807) is 18.3 Å². The van der Waals surface area contributed by atoms with Crippen LogP contribution in [0.15, 0.2) is 66.0 Å². The van der Waals surface area contributed by atoms with Crippen LogP contribution in [0.5, 0.6) is 0 Å². The highest BCUT2D eigenvalue weighted by Gasteiger charge is 2.22. The van der Waals surface area contributed by atoms with E-state index in [-0.39, 0.29) is 11.7 Å². The fourth-order valence-corrected chi connectivity index (χ4v) is 4.02. The number of carbonyl (C=O) groups is 1. The highest BCUT2D eigenvalue weighted by molar-refractivity contribution is 7.99. The van der Waals surface area contributed by atoms with E-state index in [9.17, 15) is 9.18 Å². The monoisotopic (exact) mass is 396 g/mol. The smallest absolute Gasteiger partial charge is 0.233 e. The van der Waals surface area contributed by atoms with Gasteiger partial charge in [-0.15, -0.1) is 0 Å². The van der Waals surface area contributed by atoms with Gasteiger partial charge < -0.3 is 14.8 Å². The lowest BCUT2D eigenvalue weighted by Gasteiger charge is -2.36. The van der Waals surface area contributed by atoms with Gasteiger partial charge in [0.05, 0.1) is 23.3 Å². The van der Waals surface area contributed by atoms with Gasteiger partial charge in [0.15, 0.2) is 5.16 Å². The predicted molar refractivity (Wildman–Crippen MR) is 110 cm³/mol. The molecule has 7 heteroatoms. The van der Waals surface area contributed by atoms with Gasteiger partial charge in [-0.25, -0.2) is 9.37 Å². The van der Waals surface area contributed by atoms with Crippen molar-refractivity contribution in [3.8, 4) is 11.3 Å². The van der Waals surface area contributed by atoms with Crippen molar-refractivity contribution in [3.05, 3.63) is 66.6 Å². The summed E-state index contributed by atoms with van der Waals surface area (Å²) in [5.74, 6) is 0.197. The van der Waals surface area contributed by atoms with Gasteiger partial charge in [0.1, 0.15) is 5.82 Å². The standard InChI is InChI=1S/C21H21FN4OS/c22-17-8-4-5-9-19(17)25-10-12-26(13-11-25)20(27)15-28-21-23-14-18(24-21)16-6-2-1-3-7-16/h1-9,14H,10-13,15H2,(H,23,24). The van der Waals surface area contributed by atoms with E-state index in [0.29, 0.717) is 37.6 Å². The molecule has 4 rings (SSSR count). The van der Waals surface area contributed by atoms with Crippen molar-refractivity contribution < 1.29 is 9.18 Å². The molecule has 28 heavy (non-hydrogen) atoms. The average molecular weight is 396 g/mol. The summed E-state index contributed by atoms with van der Waals surface area (Å²) in [5, 5.41) is 0.734. The number of carbonyl (C=O) groups excluding carboxylic acids is 1. The van der Waals surface area contributed by atoms with Crippen molar-refractivity contribution in [2.45, 2.75) is 5.16 Å². The zero-order valence-electron chi connectivity index (χ0n) is 15.3. The average Bonchev–Trinajstić information content (AvgIpc) is 3.22. The normalized spacial score (nSPS) is 14.3. The molecule has 1 fully saturated rings. The Hall–Kier alpha value is -2.80. The summed E-state index contributed by atoms with van der Waals surface area (Å²) in [6.07, 6.45) is 1.79. The van der Waals surface area contributed by atoms with Crippen LogP contribution in [0, 0.1) is 5.82 Å². The number of aromatic nitrogens is 2. The highest BCUT2D eigenvalue weighted by atomic mass is 32.2. The van der Waals surface area contributed by atoms with Crippen LogP contribution in [-0.2, 0) is 4.79 Å². The number of benzene rings is 2. The summed E-state index contributed by atoms with van der Waals surface area (Å²) in [6.45, 7) is 2.47. The zero-order valence-corrected chi connectivity index (χ0v) is 16.2. The summed E-state index contributed by atoms with van der Waals surface area (Å²) in [6, 6.07) is 16.7. The number of para-hydroxylation sites is 1. The van der Waals surface area contributed by atoms with Crippen molar-refractivity contribution in [1.82, 2.24) is 14.9 Å². The maximum absolute atomic E-state index is 13.9. The molecule has 0 unspecified atom stereocenters. The molecule has 1 saturated heterocycles. The molecule has 1 N–H and O–H groups in total. The molecular weight excluding hydrogens is 375 g/mol. The number of hydrogen-bond acceptors (Lipinski definition) is 4. The van der Waals surface area contributed by atoms with Crippen LogP contribution in [0.1, 0.15) is 0 Å². The van der Waals surface area contributed by atoms with Gasteiger partial charge in [-0.3, -0.25) is 4.79 Å². The lowest BCUT2D eigenvalue weighted by atomic mass is 10.2. The number of amides is 1. The largest absolute Gasteiger partial charge is 0.366 e. The first-order chi connectivity index (χ1) is 13.7. The number of anilines is 1. The molecule has 2 aromatic carbocycles. The van der Waals surface area contributed by atoms with E-state index in [2.05, 4.69) is 9.97 Å². The Morgan fingerprint density at radius 2 is 1.75 bits per heavy atom. The predicted octanol–water partition coefficient (Wildman–Crippen LogP) is 3.66. The fourth-order valence-electron chi connectivity index (χ4n) is 3.27. The van der Waals surface area contributed by atoms with Gasteiger partial charge in [-0.2, -0.15) is 0 Å². The van der Waals surface area contributed by atoms with Crippen LogP contribution in [0.4, 0.5) is 10.1 Å². The number of nitrogens with zero attached hydrogens (tertiary/aromatic N) is 3. The maximum atomic E-state index is 13.9. The van der Waals surface area contributed by atoms with Crippen LogP contribution in [0.2, 0.25) is 0 Å². The minimum atomic E-state index is -0.218. The van der Waals surface area contributed by atoms with E-state index in [1.165, 1.54) is 17.8 Å². The van der Waals surface area contributed by atoms with Gasteiger partial charge in [-0.1, -0.05) is 54.2 Å². The van der Waals surface area contributed by atoms with E-state index in [1.807, 2.05) is 46.2 Å². The Labute approximate surface area is 167 Å². The second-order valence-electron chi connectivity index (χ2n) is 6.58. The third-order valence-corrected chi connectivity index (χ3v) is 5.67.